The van der Waals surface area contributed by atoms with Crippen LogP contribution in [0.2, 0.25) is 0 Å². The molecule has 0 saturated carbocycles. The lowest BCUT2D eigenvalue weighted by Crippen LogP contribution is -2.30. The second kappa shape index (κ2) is 6.59. The van der Waals surface area contributed by atoms with E-state index in [0.717, 1.165) is 0 Å². The molecule has 2 rings (SSSR count). The number of nitrogen functional groups attached to an aromatic ring is 1. The number of anilines is 2. The van der Waals surface area contributed by atoms with Gasteiger partial charge in [0.1, 0.15) is 11.6 Å². The number of nitrogens with zero attached hydrogens (tertiary/aromatic N) is 1. The number of ether oxygens (including phenoxy) is 1. The highest BCUT2D eigenvalue weighted by Crippen LogP contribution is 2.18. The first-order valence-electron chi connectivity index (χ1n) is 6.52. The highest BCUT2D eigenvalue weighted by Gasteiger charge is 2.15. The van der Waals surface area contributed by atoms with Gasteiger partial charge in [-0.2, -0.15) is 5.26 Å². The zero-order chi connectivity index (χ0) is 16.1. The van der Waals surface area contributed by atoms with Crippen molar-refractivity contribution in [2.75, 3.05) is 11.1 Å². The Hall–Kier alpha value is -3.07. The molecule has 1 atom stereocenters. The van der Waals surface area contributed by atoms with Gasteiger partial charge in [0, 0.05) is 5.69 Å². The molecule has 0 bridgehead atoms. The Morgan fingerprint density at radius 3 is 2.59 bits per heavy atom. The summed E-state index contributed by atoms with van der Waals surface area (Å²) in [6.45, 7) is 1.58. The fraction of sp³-hybridized carbons (Fsp3) is 0.125. The van der Waals surface area contributed by atoms with Crippen LogP contribution in [0, 0.1) is 17.1 Å². The lowest BCUT2D eigenvalue weighted by molar-refractivity contribution is -0.122. The van der Waals surface area contributed by atoms with Crippen molar-refractivity contribution in [1.82, 2.24) is 0 Å². The van der Waals surface area contributed by atoms with Gasteiger partial charge in [0.25, 0.3) is 5.91 Å². The van der Waals surface area contributed by atoms with E-state index in [-0.39, 0.29) is 5.69 Å². The van der Waals surface area contributed by atoms with Crippen molar-refractivity contribution in [2.45, 2.75) is 13.0 Å². The number of rotatable bonds is 4. The van der Waals surface area contributed by atoms with Gasteiger partial charge >= 0.3 is 0 Å². The van der Waals surface area contributed by atoms with Crippen molar-refractivity contribution in [3.63, 3.8) is 0 Å². The van der Waals surface area contributed by atoms with E-state index < -0.39 is 17.8 Å². The van der Waals surface area contributed by atoms with Gasteiger partial charge in [0.2, 0.25) is 0 Å². The zero-order valence-corrected chi connectivity index (χ0v) is 11.8. The topological polar surface area (TPSA) is 88.1 Å². The molecule has 0 aromatic heterocycles. The molecule has 1 amide bonds. The molecule has 112 valence electrons. The maximum atomic E-state index is 13.1. The minimum atomic E-state index is -0.765. The van der Waals surface area contributed by atoms with Crippen molar-refractivity contribution < 1.29 is 13.9 Å². The molecular weight excluding hydrogens is 285 g/mol. The van der Waals surface area contributed by atoms with E-state index in [0.29, 0.717) is 17.0 Å². The molecule has 6 heteroatoms. The van der Waals surface area contributed by atoms with E-state index in [1.165, 1.54) is 18.2 Å². The maximum absolute atomic E-state index is 13.1. The van der Waals surface area contributed by atoms with Gasteiger partial charge in [-0.05, 0) is 49.4 Å². The van der Waals surface area contributed by atoms with Gasteiger partial charge < -0.3 is 15.8 Å². The van der Waals surface area contributed by atoms with E-state index in [9.17, 15) is 9.18 Å². The Labute approximate surface area is 127 Å². The summed E-state index contributed by atoms with van der Waals surface area (Å²) < 4.78 is 18.5. The summed E-state index contributed by atoms with van der Waals surface area (Å²) in [5.74, 6) is -0.462. The Kier molecular flexibility index (Phi) is 4.59. The minimum absolute atomic E-state index is 0.0431. The molecule has 0 spiro atoms. The summed E-state index contributed by atoms with van der Waals surface area (Å²) in [6.07, 6.45) is -0.765. The van der Waals surface area contributed by atoms with Gasteiger partial charge in [-0.25, -0.2) is 4.39 Å². The molecule has 2 aromatic rings. The van der Waals surface area contributed by atoms with E-state index in [2.05, 4.69) is 5.32 Å². The Bertz CT molecular complexity index is 723. The summed E-state index contributed by atoms with van der Waals surface area (Å²) >= 11 is 0. The second-order valence-corrected chi connectivity index (χ2v) is 4.62. The average molecular weight is 299 g/mol. The second-order valence-electron chi connectivity index (χ2n) is 4.62. The monoisotopic (exact) mass is 299 g/mol. The molecule has 0 aliphatic rings. The third-order valence-corrected chi connectivity index (χ3v) is 2.93. The fourth-order valence-electron chi connectivity index (χ4n) is 1.73. The number of carbonyl (C=O) groups excluding carboxylic acids is 1. The van der Waals surface area contributed by atoms with E-state index in [4.69, 9.17) is 15.7 Å². The van der Waals surface area contributed by atoms with E-state index in [1.807, 2.05) is 6.07 Å². The number of hydrogen-bond donors (Lipinski definition) is 2. The number of carbonyl (C=O) groups is 1. The molecular formula is C16H14FN3O2. The Morgan fingerprint density at radius 1 is 1.32 bits per heavy atom. The molecule has 3 N–H and O–H groups in total. The molecule has 0 radical (unpaired) electrons. The summed E-state index contributed by atoms with van der Waals surface area (Å²) in [6, 6.07) is 12.3. The van der Waals surface area contributed by atoms with Gasteiger partial charge in [0.15, 0.2) is 6.10 Å². The summed E-state index contributed by atoms with van der Waals surface area (Å²) in [5.41, 5.74) is 6.29. The number of hydrogen-bond acceptors (Lipinski definition) is 4. The van der Waals surface area contributed by atoms with Crippen LogP contribution in [0.15, 0.2) is 42.5 Å². The van der Waals surface area contributed by atoms with Crippen LogP contribution in [0.3, 0.4) is 0 Å². The number of amides is 1. The van der Waals surface area contributed by atoms with Crippen LogP contribution in [0.25, 0.3) is 0 Å². The summed E-state index contributed by atoms with van der Waals surface area (Å²) in [7, 11) is 0. The van der Waals surface area contributed by atoms with Crippen LogP contribution >= 0.6 is 0 Å². The van der Waals surface area contributed by atoms with Crippen molar-refractivity contribution in [1.29, 1.82) is 5.26 Å². The molecule has 22 heavy (non-hydrogen) atoms. The third kappa shape index (κ3) is 3.73. The third-order valence-electron chi connectivity index (χ3n) is 2.93. The summed E-state index contributed by atoms with van der Waals surface area (Å²) in [4.78, 5) is 12.0. The van der Waals surface area contributed by atoms with Gasteiger partial charge in [0.05, 0.1) is 17.3 Å². The SMILES string of the molecule is CC(Oc1ccc(C#N)cc1)C(=O)Nc1ccc(F)c(N)c1. The first-order valence-corrected chi connectivity index (χ1v) is 6.52. The highest BCUT2D eigenvalue weighted by molar-refractivity contribution is 5.94. The average Bonchev–Trinajstić information content (AvgIpc) is 2.51. The zero-order valence-electron chi connectivity index (χ0n) is 11.8. The standard InChI is InChI=1S/C16H14FN3O2/c1-10(22-13-5-2-11(9-18)3-6-13)16(21)20-12-4-7-14(17)15(19)8-12/h2-8,10H,19H2,1H3,(H,20,21). The van der Waals surface area contributed by atoms with Gasteiger partial charge in [-0.1, -0.05) is 0 Å². The first kappa shape index (κ1) is 15.3. The predicted molar refractivity (Wildman–Crippen MR) is 80.7 cm³/mol. The van der Waals surface area contributed by atoms with Crippen molar-refractivity contribution in [3.8, 4) is 11.8 Å². The largest absolute Gasteiger partial charge is 0.481 e. The Morgan fingerprint density at radius 2 is 2.00 bits per heavy atom. The van der Waals surface area contributed by atoms with Crippen molar-refractivity contribution in [2.24, 2.45) is 0 Å². The number of nitrogens with one attached hydrogen (secondary N) is 1. The molecule has 0 saturated heterocycles. The minimum Gasteiger partial charge on any atom is -0.481 e. The Balaban J connectivity index is 1.99. The van der Waals surface area contributed by atoms with Gasteiger partial charge in [-0.3, -0.25) is 4.79 Å². The van der Waals surface area contributed by atoms with Crippen molar-refractivity contribution in [3.05, 3.63) is 53.8 Å². The first-order chi connectivity index (χ1) is 10.5. The smallest absolute Gasteiger partial charge is 0.265 e. The van der Waals surface area contributed by atoms with Crippen molar-refractivity contribution >= 4 is 17.3 Å². The fourth-order valence-corrected chi connectivity index (χ4v) is 1.73. The molecule has 0 fully saturated rings. The predicted octanol–water partition coefficient (Wildman–Crippen LogP) is 2.69. The number of nitrogens with two attached hydrogens (primary N) is 1. The van der Waals surface area contributed by atoms with Crippen LogP contribution in [0.5, 0.6) is 5.75 Å². The van der Waals surface area contributed by atoms with E-state index in [1.54, 1.807) is 31.2 Å². The number of benzene rings is 2. The quantitative estimate of drug-likeness (QED) is 0.850. The normalized spacial score (nSPS) is 11.3. The molecule has 1 unspecified atom stereocenters. The van der Waals surface area contributed by atoms with Crippen LogP contribution < -0.4 is 15.8 Å². The summed E-state index contributed by atoms with van der Waals surface area (Å²) in [5, 5.41) is 11.3. The van der Waals surface area contributed by atoms with Crippen LogP contribution in [-0.2, 0) is 4.79 Å². The van der Waals surface area contributed by atoms with Gasteiger partial charge in [-0.15, -0.1) is 0 Å². The van der Waals surface area contributed by atoms with E-state index >= 15 is 0 Å². The van der Waals surface area contributed by atoms with Crippen LogP contribution in [0.1, 0.15) is 12.5 Å². The molecule has 0 aliphatic heterocycles. The maximum Gasteiger partial charge on any atom is 0.265 e. The molecule has 2 aromatic carbocycles. The molecule has 0 heterocycles. The lowest BCUT2D eigenvalue weighted by Gasteiger charge is -2.15. The van der Waals surface area contributed by atoms with Crippen LogP contribution in [0.4, 0.5) is 15.8 Å². The number of halogens is 1. The van der Waals surface area contributed by atoms with Crippen LogP contribution in [-0.4, -0.2) is 12.0 Å². The highest BCUT2D eigenvalue weighted by atomic mass is 19.1. The number of nitriles is 1. The molecule has 5 nitrogen and oxygen atoms in total. The lowest BCUT2D eigenvalue weighted by atomic mass is 10.2. The molecule has 0 aliphatic carbocycles.